The first-order valence-corrected chi connectivity index (χ1v) is 16.6. The molecule has 0 aliphatic carbocycles. The van der Waals surface area contributed by atoms with E-state index in [4.69, 9.17) is 8.83 Å². The average molecular weight is 628 g/mol. The standard InChI is InChI=1S/C46H29NO2/c1-2-12-30(13-3-1)33-27-41-39-20-7-9-23-44(39)49-46(41)42(28-33)47(35-24-25-40-38-19-6-8-22-43(38)48-45(40)29-35)34-17-10-16-32(26-34)37-21-11-15-31-14-4-5-18-36(31)37/h1-29H. The van der Waals surface area contributed by atoms with Crippen molar-refractivity contribution in [2.24, 2.45) is 0 Å². The third-order valence-corrected chi connectivity index (χ3v) is 9.63. The van der Waals surface area contributed by atoms with Crippen LogP contribution in [0.2, 0.25) is 0 Å². The number of rotatable bonds is 5. The minimum atomic E-state index is 0.834. The molecule has 2 aromatic heterocycles. The molecule has 0 N–H and O–H groups in total. The molecule has 230 valence electrons. The second-order valence-electron chi connectivity index (χ2n) is 12.5. The van der Waals surface area contributed by atoms with Crippen molar-refractivity contribution in [3.63, 3.8) is 0 Å². The fourth-order valence-electron chi connectivity index (χ4n) is 7.34. The molecule has 8 aromatic carbocycles. The van der Waals surface area contributed by atoms with Gasteiger partial charge in [-0.05, 0) is 81.6 Å². The first-order valence-electron chi connectivity index (χ1n) is 16.6. The van der Waals surface area contributed by atoms with Crippen LogP contribution in [0, 0.1) is 0 Å². The Kier molecular flexibility index (Phi) is 6.18. The lowest BCUT2D eigenvalue weighted by Gasteiger charge is -2.27. The lowest BCUT2D eigenvalue weighted by molar-refractivity contribution is 0.667. The van der Waals surface area contributed by atoms with Crippen LogP contribution in [0.1, 0.15) is 0 Å². The molecule has 0 saturated heterocycles. The third-order valence-electron chi connectivity index (χ3n) is 9.63. The van der Waals surface area contributed by atoms with Crippen molar-refractivity contribution in [3.05, 3.63) is 176 Å². The van der Waals surface area contributed by atoms with E-state index in [1.807, 2.05) is 24.3 Å². The summed E-state index contributed by atoms with van der Waals surface area (Å²) >= 11 is 0. The maximum absolute atomic E-state index is 6.74. The van der Waals surface area contributed by atoms with Crippen LogP contribution in [0.4, 0.5) is 17.1 Å². The second kappa shape index (κ2) is 11.0. The summed E-state index contributed by atoms with van der Waals surface area (Å²) in [7, 11) is 0. The van der Waals surface area contributed by atoms with Gasteiger partial charge in [-0.15, -0.1) is 0 Å². The normalized spacial score (nSPS) is 11.7. The summed E-state index contributed by atoms with van der Waals surface area (Å²) in [6, 6.07) is 62.0. The number of para-hydroxylation sites is 2. The summed E-state index contributed by atoms with van der Waals surface area (Å²) in [5, 5.41) is 6.82. The smallest absolute Gasteiger partial charge is 0.159 e. The molecule has 10 rings (SSSR count). The van der Waals surface area contributed by atoms with Crippen molar-refractivity contribution in [3.8, 4) is 22.3 Å². The molecule has 0 spiro atoms. The van der Waals surface area contributed by atoms with Crippen molar-refractivity contribution in [1.82, 2.24) is 0 Å². The van der Waals surface area contributed by atoms with Gasteiger partial charge in [-0.2, -0.15) is 0 Å². The van der Waals surface area contributed by atoms with Gasteiger partial charge >= 0.3 is 0 Å². The minimum Gasteiger partial charge on any atom is -0.456 e. The van der Waals surface area contributed by atoms with E-state index in [1.165, 1.54) is 16.3 Å². The Morgan fingerprint density at radius 3 is 1.84 bits per heavy atom. The number of benzene rings is 8. The molecular weight excluding hydrogens is 599 g/mol. The predicted molar refractivity (Wildman–Crippen MR) is 204 cm³/mol. The molecule has 0 saturated carbocycles. The van der Waals surface area contributed by atoms with E-state index >= 15 is 0 Å². The molecular formula is C46H29NO2. The highest BCUT2D eigenvalue weighted by molar-refractivity contribution is 6.13. The fourth-order valence-corrected chi connectivity index (χ4v) is 7.34. The van der Waals surface area contributed by atoms with Gasteiger partial charge in [0, 0.05) is 33.3 Å². The average Bonchev–Trinajstić information content (AvgIpc) is 3.73. The summed E-state index contributed by atoms with van der Waals surface area (Å²) in [6.45, 7) is 0. The van der Waals surface area contributed by atoms with E-state index in [0.717, 1.165) is 77.6 Å². The molecule has 0 aliphatic heterocycles. The number of fused-ring (bicyclic) bond motifs is 7. The van der Waals surface area contributed by atoms with E-state index in [0.29, 0.717) is 0 Å². The molecule has 49 heavy (non-hydrogen) atoms. The first kappa shape index (κ1) is 27.5. The Labute approximate surface area is 282 Å². The number of furan rings is 2. The van der Waals surface area contributed by atoms with Gasteiger partial charge in [0.25, 0.3) is 0 Å². The molecule has 0 bridgehead atoms. The number of hydrogen-bond acceptors (Lipinski definition) is 3. The van der Waals surface area contributed by atoms with E-state index in [-0.39, 0.29) is 0 Å². The summed E-state index contributed by atoms with van der Waals surface area (Å²) < 4.78 is 13.2. The Hall–Kier alpha value is -6.58. The van der Waals surface area contributed by atoms with Crippen molar-refractivity contribution >= 4 is 71.7 Å². The number of nitrogens with zero attached hydrogens (tertiary/aromatic N) is 1. The van der Waals surface area contributed by atoms with Crippen LogP contribution in [0.3, 0.4) is 0 Å². The van der Waals surface area contributed by atoms with Crippen LogP contribution < -0.4 is 4.90 Å². The minimum absolute atomic E-state index is 0.834. The molecule has 0 unspecified atom stereocenters. The van der Waals surface area contributed by atoms with Gasteiger partial charge in [-0.3, -0.25) is 0 Å². The van der Waals surface area contributed by atoms with Gasteiger partial charge in [-0.25, -0.2) is 0 Å². The Bertz CT molecular complexity index is 2840. The maximum atomic E-state index is 6.74. The monoisotopic (exact) mass is 627 g/mol. The number of hydrogen-bond donors (Lipinski definition) is 0. The lowest BCUT2D eigenvalue weighted by atomic mass is 9.97. The van der Waals surface area contributed by atoms with Crippen molar-refractivity contribution in [1.29, 1.82) is 0 Å². The first-order chi connectivity index (χ1) is 24.3. The molecule has 0 radical (unpaired) electrons. The predicted octanol–water partition coefficient (Wildman–Crippen LogP) is 13.4. The fraction of sp³-hybridized carbons (Fsp3) is 0. The summed E-state index contributed by atoms with van der Waals surface area (Å²) in [5.74, 6) is 0. The highest BCUT2D eigenvalue weighted by Crippen LogP contribution is 2.46. The summed E-state index contributed by atoms with van der Waals surface area (Å²) in [5.41, 5.74) is 11.0. The molecule has 3 heteroatoms. The highest BCUT2D eigenvalue weighted by Gasteiger charge is 2.23. The quantitative estimate of drug-likeness (QED) is 0.190. The van der Waals surface area contributed by atoms with E-state index in [2.05, 4.69) is 157 Å². The topological polar surface area (TPSA) is 29.5 Å². The van der Waals surface area contributed by atoms with Gasteiger partial charge in [0.15, 0.2) is 5.58 Å². The maximum Gasteiger partial charge on any atom is 0.159 e. The molecule has 2 heterocycles. The SMILES string of the molecule is c1ccc(-c2cc(N(c3cccc(-c4cccc5ccccc45)c3)c3ccc4c(c3)oc3ccccc34)c3oc4ccccc4c3c2)cc1. The van der Waals surface area contributed by atoms with Crippen LogP contribution in [0.15, 0.2) is 185 Å². The van der Waals surface area contributed by atoms with Crippen molar-refractivity contribution in [2.75, 3.05) is 4.90 Å². The molecule has 3 nitrogen and oxygen atoms in total. The molecule has 0 fully saturated rings. The van der Waals surface area contributed by atoms with E-state index < -0.39 is 0 Å². The van der Waals surface area contributed by atoms with Crippen LogP contribution >= 0.6 is 0 Å². The van der Waals surface area contributed by atoms with Gasteiger partial charge in [0.1, 0.15) is 16.7 Å². The third kappa shape index (κ3) is 4.51. The number of anilines is 3. The van der Waals surface area contributed by atoms with E-state index in [1.54, 1.807) is 0 Å². The molecule has 0 aliphatic rings. The Balaban J connectivity index is 1.27. The Morgan fingerprint density at radius 2 is 0.980 bits per heavy atom. The van der Waals surface area contributed by atoms with Crippen LogP contribution in [-0.4, -0.2) is 0 Å². The van der Waals surface area contributed by atoms with Gasteiger partial charge in [0.05, 0.1) is 11.4 Å². The highest BCUT2D eigenvalue weighted by atomic mass is 16.3. The zero-order valence-electron chi connectivity index (χ0n) is 26.5. The van der Waals surface area contributed by atoms with Gasteiger partial charge in [-0.1, -0.05) is 121 Å². The van der Waals surface area contributed by atoms with Crippen LogP contribution in [0.5, 0.6) is 0 Å². The Morgan fingerprint density at radius 1 is 0.347 bits per heavy atom. The molecule has 0 atom stereocenters. The van der Waals surface area contributed by atoms with Crippen molar-refractivity contribution < 1.29 is 8.83 Å². The van der Waals surface area contributed by atoms with Crippen LogP contribution in [0.25, 0.3) is 76.9 Å². The van der Waals surface area contributed by atoms with Gasteiger partial charge < -0.3 is 13.7 Å². The zero-order valence-corrected chi connectivity index (χ0v) is 26.5. The zero-order chi connectivity index (χ0) is 32.3. The second-order valence-corrected chi connectivity index (χ2v) is 12.5. The molecule has 0 amide bonds. The van der Waals surface area contributed by atoms with Gasteiger partial charge in [0.2, 0.25) is 0 Å². The largest absolute Gasteiger partial charge is 0.456 e. The van der Waals surface area contributed by atoms with E-state index in [9.17, 15) is 0 Å². The summed E-state index contributed by atoms with van der Waals surface area (Å²) in [4.78, 5) is 2.32. The molecule has 10 aromatic rings. The lowest BCUT2D eigenvalue weighted by Crippen LogP contribution is -2.10. The van der Waals surface area contributed by atoms with Crippen LogP contribution in [-0.2, 0) is 0 Å². The summed E-state index contributed by atoms with van der Waals surface area (Å²) in [6.07, 6.45) is 0. The van der Waals surface area contributed by atoms with Crippen molar-refractivity contribution in [2.45, 2.75) is 0 Å².